The highest BCUT2D eigenvalue weighted by Crippen LogP contribution is 2.19. The van der Waals surface area contributed by atoms with Crippen molar-refractivity contribution < 1.29 is 0 Å². The van der Waals surface area contributed by atoms with Gasteiger partial charge in [-0.2, -0.15) is 0 Å². The van der Waals surface area contributed by atoms with Crippen LogP contribution in [0, 0.1) is 5.41 Å². The fraction of sp³-hybridized carbons (Fsp3) is 0.600. The molecule has 0 aliphatic rings. The van der Waals surface area contributed by atoms with Crippen molar-refractivity contribution in [2.75, 3.05) is 0 Å². The zero-order chi connectivity index (χ0) is 10.7. The van der Waals surface area contributed by atoms with Gasteiger partial charge in [-0.25, -0.2) is 4.98 Å². The monoisotopic (exact) mass is 194 g/mol. The average molecular weight is 194 g/mol. The molecule has 4 nitrogen and oxygen atoms in total. The topological polar surface area (TPSA) is 67.7 Å². The number of imidazole rings is 1. The molecule has 0 spiro atoms. The Labute approximate surface area is 84.7 Å². The van der Waals surface area contributed by atoms with Crippen molar-refractivity contribution in [3.05, 3.63) is 18.2 Å². The van der Waals surface area contributed by atoms with E-state index in [-0.39, 0.29) is 11.9 Å². The lowest BCUT2D eigenvalue weighted by molar-refractivity contribution is 0.561. The summed E-state index contributed by atoms with van der Waals surface area (Å²) < 4.78 is 1.99. The summed E-state index contributed by atoms with van der Waals surface area (Å²) in [4.78, 5) is 4.28. The highest BCUT2D eigenvalue weighted by atomic mass is 15.1. The van der Waals surface area contributed by atoms with Gasteiger partial charge in [0.2, 0.25) is 0 Å². The van der Waals surface area contributed by atoms with E-state index < -0.39 is 0 Å². The van der Waals surface area contributed by atoms with Crippen LogP contribution in [0.3, 0.4) is 0 Å². The number of hydrogen-bond donors (Lipinski definition) is 2. The minimum absolute atomic E-state index is 0.0464. The van der Waals surface area contributed by atoms with E-state index in [0.29, 0.717) is 5.92 Å². The lowest BCUT2D eigenvalue weighted by Gasteiger charge is -2.19. The van der Waals surface area contributed by atoms with Crippen molar-refractivity contribution in [1.82, 2.24) is 9.55 Å². The molecule has 0 bridgehead atoms. The van der Waals surface area contributed by atoms with E-state index >= 15 is 0 Å². The van der Waals surface area contributed by atoms with E-state index in [2.05, 4.69) is 18.8 Å². The Hall–Kier alpha value is -1.32. The van der Waals surface area contributed by atoms with Crippen LogP contribution in [-0.4, -0.2) is 15.4 Å². The van der Waals surface area contributed by atoms with Crippen LogP contribution in [0.1, 0.15) is 45.0 Å². The summed E-state index contributed by atoms with van der Waals surface area (Å²) in [5, 5.41) is 7.49. The number of aromatic nitrogens is 2. The summed E-state index contributed by atoms with van der Waals surface area (Å²) >= 11 is 0. The summed E-state index contributed by atoms with van der Waals surface area (Å²) in [6.45, 7) is 6.20. The fourth-order valence-corrected chi connectivity index (χ4v) is 1.60. The minimum Gasteiger partial charge on any atom is -0.386 e. The maximum absolute atomic E-state index is 7.49. The lowest BCUT2D eigenvalue weighted by atomic mass is 10.1. The van der Waals surface area contributed by atoms with Crippen LogP contribution in [0.4, 0.5) is 0 Å². The quantitative estimate of drug-likeness (QED) is 0.567. The molecule has 1 heterocycles. The van der Waals surface area contributed by atoms with Gasteiger partial charge in [0.1, 0.15) is 11.7 Å². The van der Waals surface area contributed by atoms with Crippen LogP contribution < -0.4 is 5.73 Å². The molecule has 14 heavy (non-hydrogen) atoms. The Morgan fingerprint density at radius 2 is 2.29 bits per heavy atom. The van der Waals surface area contributed by atoms with Gasteiger partial charge in [-0.3, -0.25) is 5.41 Å². The first-order valence-corrected chi connectivity index (χ1v) is 4.94. The van der Waals surface area contributed by atoms with Crippen LogP contribution in [-0.2, 0) is 0 Å². The van der Waals surface area contributed by atoms with E-state index in [1.165, 1.54) is 0 Å². The highest BCUT2D eigenvalue weighted by molar-refractivity contribution is 5.81. The summed E-state index contributed by atoms with van der Waals surface area (Å²) in [5.74, 6) is 1.55. The van der Waals surface area contributed by atoms with E-state index in [4.69, 9.17) is 11.1 Å². The third-order valence-electron chi connectivity index (χ3n) is 2.30. The molecule has 0 aromatic carbocycles. The molecule has 1 atom stereocenters. The normalized spacial score (nSPS) is 13.1. The van der Waals surface area contributed by atoms with E-state index in [1.54, 1.807) is 6.20 Å². The summed E-state index contributed by atoms with van der Waals surface area (Å²) in [6.07, 6.45) is 4.48. The second-order valence-electron chi connectivity index (χ2n) is 3.73. The number of nitrogens with zero attached hydrogens (tertiary/aromatic N) is 2. The molecule has 1 rings (SSSR count). The molecular weight excluding hydrogens is 176 g/mol. The van der Waals surface area contributed by atoms with Crippen molar-refractivity contribution >= 4 is 5.84 Å². The van der Waals surface area contributed by atoms with E-state index in [0.717, 1.165) is 12.2 Å². The third-order valence-corrected chi connectivity index (χ3v) is 2.30. The number of amidine groups is 1. The van der Waals surface area contributed by atoms with Gasteiger partial charge in [0.25, 0.3) is 0 Å². The maximum Gasteiger partial charge on any atom is 0.114 e. The van der Waals surface area contributed by atoms with Crippen molar-refractivity contribution in [2.24, 2.45) is 5.73 Å². The first-order valence-electron chi connectivity index (χ1n) is 4.94. The number of hydrogen-bond acceptors (Lipinski definition) is 2. The average Bonchev–Trinajstić information content (AvgIpc) is 2.53. The zero-order valence-electron chi connectivity index (χ0n) is 8.99. The molecule has 0 aliphatic heterocycles. The number of rotatable bonds is 4. The van der Waals surface area contributed by atoms with Crippen molar-refractivity contribution in [3.8, 4) is 0 Å². The van der Waals surface area contributed by atoms with Gasteiger partial charge in [0.15, 0.2) is 0 Å². The Kier molecular flexibility index (Phi) is 3.28. The molecule has 3 N–H and O–H groups in total. The van der Waals surface area contributed by atoms with Crippen LogP contribution in [0.5, 0.6) is 0 Å². The molecule has 0 saturated heterocycles. The van der Waals surface area contributed by atoms with Crippen LogP contribution >= 0.6 is 0 Å². The van der Waals surface area contributed by atoms with Crippen molar-refractivity contribution in [3.63, 3.8) is 0 Å². The molecule has 1 aromatic heterocycles. The van der Waals surface area contributed by atoms with Gasteiger partial charge < -0.3 is 10.3 Å². The van der Waals surface area contributed by atoms with Crippen molar-refractivity contribution in [2.45, 2.75) is 39.2 Å². The molecule has 0 aliphatic carbocycles. The third kappa shape index (κ3) is 1.95. The largest absolute Gasteiger partial charge is 0.386 e. The molecule has 1 aromatic rings. The minimum atomic E-state index is -0.0464. The SMILES string of the molecule is CCC(C(=N)N)n1ccnc1C(C)C. The summed E-state index contributed by atoms with van der Waals surface area (Å²) in [7, 11) is 0. The number of nitrogens with one attached hydrogen (secondary N) is 1. The second-order valence-corrected chi connectivity index (χ2v) is 3.73. The van der Waals surface area contributed by atoms with E-state index in [9.17, 15) is 0 Å². The Morgan fingerprint density at radius 1 is 1.64 bits per heavy atom. The first kappa shape index (κ1) is 10.8. The van der Waals surface area contributed by atoms with Gasteiger partial charge >= 0.3 is 0 Å². The molecule has 0 saturated carbocycles. The smallest absolute Gasteiger partial charge is 0.114 e. The molecule has 0 radical (unpaired) electrons. The van der Waals surface area contributed by atoms with E-state index in [1.807, 2.05) is 17.7 Å². The Balaban J connectivity index is 3.03. The molecule has 4 heteroatoms. The van der Waals surface area contributed by atoms with Gasteiger partial charge in [-0.05, 0) is 6.42 Å². The van der Waals surface area contributed by atoms with Crippen LogP contribution in [0.2, 0.25) is 0 Å². The van der Waals surface area contributed by atoms with Crippen LogP contribution in [0.15, 0.2) is 12.4 Å². The van der Waals surface area contributed by atoms with Crippen molar-refractivity contribution in [1.29, 1.82) is 5.41 Å². The number of nitrogens with two attached hydrogens (primary N) is 1. The van der Waals surface area contributed by atoms with Crippen LogP contribution in [0.25, 0.3) is 0 Å². The maximum atomic E-state index is 7.49. The molecule has 78 valence electrons. The Bertz CT molecular complexity index is 314. The highest BCUT2D eigenvalue weighted by Gasteiger charge is 2.16. The lowest BCUT2D eigenvalue weighted by Crippen LogP contribution is -2.26. The first-order chi connectivity index (χ1) is 6.57. The molecule has 0 amide bonds. The molecule has 1 unspecified atom stereocenters. The van der Waals surface area contributed by atoms with Gasteiger partial charge in [0, 0.05) is 18.3 Å². The Morgan fingerprint density at radius 3 is 2.71 bits per heavy atom. The second kappa shape index (κ2) is 4.26. The van der Waals surface area contributed by atoms with Gasteiger partial charge in [-0.15, -0.1) is 0 Å². The zero-order valence-corrected chi connectivity index (χ0v) is 8.99. The summed E-state index contributed by atoms with van der Waals surface area (Å²) in [5.41, 5.74) is 5.54. The fourth-order valence-electron chi connectivity index (χ4n) is 1.60. The summed E-state index contributed by atoms with van der Waals surface area (Å²) in [6, 6.07) is -0.0464. The molecule has 0 fully saturated rings. The van der Waals surface area contributed by atoms with Gasteiger partial charge in [0.05, 0.1) is 6.04 Å². The predicted molar refractivity (Wildman–Crippen MR) is 57.6 cm³/mol. The van der Waals surface area contributed by atoms with Gasteiger partial charge in [-0.1, -0.05) is 20.8 Å². The predicted octanol–water partition coefficient (Wildman–Crippen LogP) is 1.89. The standard InChI is InChI=1S/C10H18N4/c1-4-8(9(11)12)14-6-5-13-10(14)7(2)3/h5-8H,4H2,1-3H3,(H3,11,12). The molecular formula is C10H18N4.